The maximum absolute atomic E-state index is 2.56. The Morgan fingerprint density at radius 3 is 3.25 bits per heavy atom. The van der Waals surface area contributed by atoms with E-state index in [1.807, 2.05) is 11.9 Å². The molecule has 0 bridgehead atoms. The molecule has 1 atom stereocenters. The van der Waals surface area contributed by atoms with Crippen LogP contribution in [0.3, 0.4) is 0 Å². The Morgan fingerprint density at radius 1 is 1.38 bits per heavy atom. The van der Waals surface area contributed by atoms with Gasteiger partial charge in [0.2, 0.25) is 0 Å². The molecule has 2 aliphatic heterocycles. The Labute approximate surface area is 54.6 Å². The monoisotopic (exact) mass is 129 g/mol. The first-order valence-electron chi connectivity index (χ1n) is 3.36. The van der Waals surface area contributed by atoms with Crippen molar-refractivity contribution in [3.05, 3.63) is 0 Å². The van der Waals surface area contributed by atoms with Gasteiger partial charge in [0.1, 0.15) is 0 Å². The molecule has 1 unspecified atom stereocenters. The summed E-state index contributed by atoms with van der Waals surface area (Å²) in [6.07, 6.45) is 4.36. The average Bonchev–Trinajstić information content (AvgIpc) is 2.15. The first-order valence-corrected chi connectivity index (χ1v) is 4.30. The molecule has 0 aromatic carbocycles. The van der Waals surface area contributed by atoms with Crippen LogP contribution in [0.4, 0.5) is 0 Å². The van der Waals surface area contributed by atoms with Gasteiger partial charge < -0.3 is 0 Å². The molecule has 2 saturated heterocycles. The van der Waals surface area contributed by atoms with E-state index in [1.165, 1.54) is 31.6 Å². The first kappa shape index (κ1) is 5.12. The lowest BCUT2D eigenvalue weighted by molar-refractivity contribution is 0.456. The quantitative estimate of drug-likeness (QED) is 0.456. The minimum atomic E-state index is 0.972. The molecule has 2 fully saturated rings. The predicted octanol–water partition coefficient (Wildman–Crippen LogP) is 1.50. The summed E-state index contributed by atoms with van der Waals surface area (Å²) in [7, 11) is 0. The van der Waals surface area contributed by atoms with Crippen molar-refractivity contribution in [1.29, 1.82) is 0 Å². The van der Waals surface area contributed by atoms with E-state index in [1.54, 1.807) is 0 Å². The maximum Gasteiger partial charge on any atom is 0.0211 e. The second kappa shape index (κ2) is 1.92. The van der Waals surface area contributed by atoms with Gasteiger partial charge in [-0.3, -0.25) is 0 Å². The van der Waals surface area contributed by atoms with Gasteiger partial charge in [0.15, 0.2) is 0 Å². The summed E-state index contributed by atoms with van der Waals surface area (Å²) in [5.74, 6) is 1.38. The van der Waals surface area contributed by atoms with Crippen LogP contribution in [0.1, 0.15) is 19.3 Å². The highest BCUT2D eigenvalue weighted by molar-refractivity contribution is 7.97. The van der Waals surface area contributed by atoms with Crippen molar-refractivity contribution >= 4 is 11.9 Å². The third-order valence-electron chi connectivity index (χ3n) is 2.03. The summed E-state index contributed by atoms with van der Waals surface area (Å²) in [5.41, 5.74) is 0. The van der Waals surface area contributed by atoms with Crippen LogP contribution in [-0.4, -0.2) is 22.6 Å². The molecule has 2 rings (SSSR count). The molecule has 0 aromatic heterocycles. The van der Waals surface area contributed by atoms with Gasteiger partial charge in [0.25, 0.3) is 0 Å². The molecule has 2 aliphatic rings. The fourth-order valence-corrected chi connectivity index (χ4v) is 2.87. The molecule has 46 valence electrons. The van der Waals surface area contributed by atoms with E-state index in [0.29, 0.717) is 0 Å². The normalized spacial score (nSPS) is 38.2. The van der Waals surface area contributed by atoms with E-state index in [4.69, 9.17) is 0 Å². The molecule has 1 nitrogen and oxygen atoms in total. The van der Waals surface area contributed by atoms with Crippen molar-refractivity contribution < 1.29 is 0 Å². The highest BCUT2D eigenvalue weighted by Crippen LogP contribution is 2.34. The first-order chi connectivity index (χ1) is 3.97. The van der Waals surface area contributed by atoms with E-state index < -0.39 is 0 Å². The van der Waals surface area contributed by atoms with Crippen LogP contribution >= 0.6 is 11.9 Å². The van der Waals surface area contributed by atoms with Crippen molar-refractivity contribution in [2.24, 2.45) is 0 Å². The molecule has 0 radical (unpaired) electrons. The van der Waals surface area contributed by atoms with Crippen molar-refractivity contribution in [3.63, 3.8) is 0 Å². The predicted molar refractivity (Wildman–Crippen MR) is 36.8 cm³/mol. The van der Waals surface area contributed by atoms with E-state index in [2.05, 4.69) is 4.31 Å². The Bertz CT molecular complexity index is 74.5. The summed E-state index contributed by atoms with van der Waals surface area (Å²) < 4.78 is 2.56. The van der Waals surface area contributed by atoms with Crippen LogP contribution in [0, 0.1) is 0 Å². The zero-order valence-electron chi connectivity index (χ0n) is 4.97. The van der Waals surface area contributed by atoms with E-state index >= 15 is 0 Å². The summed E-state index contributed by atoms with van der Waals surface area (Å²) in [5, 5.41) is 0. The Hall–Kier alpha value is 0.310. The van der Waals surface area contributed by atoms with Gasteiger partial charge in [-0.2, -0.15) is 0 Å². The lowest BCUT2D eigenvalue weighted by Crippen LogP contribution is -2.14. The van der Waals surface area contributed by atoms with Gasteiger partial charge in [0.05, 0.1) is 0 Å². The second-order valence-corrected chi connectivity index (χ2v) is 3.69. The van der Waals surface area contributed by atoms with Crippen LogP contribution < -0.4 is 0 Å². The summed E-state index contributed by atoms with van der Waals surface area (Å²) in [6, 6.07) is 0.972. The summed E-state index contributed by atoms with van der Waals surface area (Å²) in [6.45, 7) is 1.36. The van der Waals surface area contributed by atoms with Gasteiger partial charge in [-0.25, -0.2) is 4.31 Å². The zero-order chi connectivity index (χ0) is 5.40. The van der Waals surface area contributed by atoms with Crippen LogP contribution in [-0.2, 0) is 0 Å². The van der Waals surface area contributed by atoms with E-state index in [-0.39, 0.29) is 0 Å². The maximum atomic E-state index is 2.56. The topological polar surface area (TPSA) is 3.24 Å². The van der Waals surface area contributed by atoms with Crippen molar-refractivity contribution in [1.82, 2.24) is 4.31 Å². The van der Waals surface area contributed by atoms with Gasteiger partial charge in [-0.05, 0) is 19.3 Å². The van der Waals surface area contributed by atoms with Gasteiger partial charge in [-0.15, -0.1) is 0 Å². The van der Waals surface area contributed by atoms with Gasteiger partial charge in [-0.1, -0.05) is 11.9 Å². The molecule has 0 spiro atoms. The molecular weight excluding hydrogens is 118 g/mol. The standard InChI is InChI=1S/C6H11NS/c1-2-6-3-5-8-7(6)4-1/h6H,1-5H2. The minimum Gasteiger partial charge on any atom is -0.248 e. The average molecular weight is 129 g/mol. The number of hydrogen-bond donors (Lipinski definition) is 0. The van der Waals surface area contributed by atoms with Gasteiger partial charge in [0, 0.05) is 18.3 Å². The summed E-state index contributed by atoms with van der Waals surface area (Å²) >= 11 is 2.05. The molecule has 0 aromatic rings. The molecule has 0 N–H and O–H groups in total. The van der Waals surface area contributed by atoms with Crippen molar-refractivity contribution in [3.8, 4) is 0 Å². The Kier molecular flexibility index (Phi) is 1.23. The Morgan fingerprint density at radius 2 is 2.38 bits per heavy atom. The SMILES string of the molecule is C1CC2CCSN2C1. The molecule has 2 heteroatoms. The molecule has 0 aliphatic carbocycles. The highest BCUT2D eigenvalue weighted by Gasteiger charge is 2.29. The van der Waals surface area contributed by atoms with E-state index in [9.17, 15) is 0 Å². The van der Waals surface area contributed by atoms with Crippen molar-refractivity contribution in [2.45, 2.75) is 25.3 Å². The smallest absolute Gasteiger partial charge is 0.0211 e. The van der Waals surface area contributed by atoms with Gasteiger partial charge >= 0.3 is 0 Å². The largest absolute Gasteiger partial charge is 0.248 e. The zero-order valence-corrected chi connectivity index (χ0v) is 5.78. The second-order valence-electron chi connectivity index (χ2n) is 2.56. The van der Waals surface area contributed by atoms with Crippen molar-refractivity contribution in [2.75, 3.05) is 12.3 Å². The lowest BCUT2D eigenvalue weighted by atomic mass is 10.2. The number of nitrogens with zero attached hydrogens (tertiary/aromatic N) is 1. The van der Waals surface area contributed by atoms with Crippen LogP contribution in [0.15, 0.2) is 0 Å². The van der Waals surface area contributed by atoms with Crippen LogP contribution in [0.2, 0.25) is 0 Å². The molecule has 0 amide bonds. The molecule has 2 heterocycles. The fourth-order valence-electron chi connectivity index (χ4n) is 1.57. The fraction of sp³-hybridized carbons (Fsp3) is 1.00. The number of hydrogen-bond acceptors (Lipinski definition) is 2. The molecule has 8 heavy (non-hydrogen) atoms. The lowest BCUT2D eigenvalue weighted by Gasteiger charge is -2.10. The Balaban J connectivity index is 2.04. The molecular formula is C6H11NS. The number of fused-ring (bicyclic) bond motifs is 1. The summed E-state index contributed by atoms with van der Waals surface area (Å²) in [4.78, 5) is 0. The van der Waals surface area contributed by atoms with Crippen LogP contribution in [0.25, 0.3) is 0 Å². The minimum absolute atomic E-state index is 0.972. The van der Waals surface area contributed by atoms with E-state index in [0.717, 1.165) is 6.04 Å². The molecule has 0 saturated carbocycles. The third kappa shape index (κ3) is 0.669. The third-order valence-corrected chi connectivity index (χ3v) is 3.26. The van der Waals surface area contributed by atoms with Crippen LogP contribution in [0.5, 0.6) is 0 Å². The number of rotatable bonds is 0. The highest BCUT2D eigenvalue weighted by atomic mass is 32.2.